The van der Waals surface area contributed by atoms with Crippen molar-refractivity contribution < 1.29 is 44.3 Å². The fraction of sp³-hybridized carbons (Fsp3) is 0.867. The van der Waals surface area contributed by atoms with E-state index in [-0.39, 0.29) is 29.6 Å². The first-order valence-electron chi connectivity index (χ1n) is 7.39. The number of unbranched alkanes of at least 4 members (excludes halogenated alkanes) is 9. The van der Waals surface area contributed by atoms with E-state index in [4.69, 9.17) is 10.8 Å². The molecule has 0 aliphatic heterocycles. The molecular formula is C15H30NNaO3. The molecule has 0 fully saturated rings. The maximum atomic E-state index is 9.89. The molecule has 0 bridgehead atoms. The van der Waals surface area contributed by atoms with Crippen LogP contribution in [0, 0.1) is 0 Å². The third-order valence-electron chi connectivity index (χ3n) is 2.77. The summed E-state index contributed by atoms with van der Waals surface area (Å²) in [6.07, 6.45) is 14.4. The predicted molar refractivity (Wildman–Crippen MR) is 78.8 cm³/mol. The van der Waals surface area contributed by atoms with Crippen LogP contribution in [-0.2, 0) is 9.59 Å². The Morgan fingerprint density at radius 1 is 1.05 bits per heavy atom. The van der Waals surface area contributed by atoms with Crippen LogP contribution in [0.3, 0.4) is 0 Å². The molecule has 0 spiro atoms. The van der Waals surface area contributed by atoms with Crippen LogP contribution in [0.25, 0.3) is 0 Å². The number of carbonyl (C=O) groups is 1. The average Bonchev–Trinajstić information content (AvgIpc) is 2.37. The van der Waals surface area contributed by atoms with Gasteiger partial charge in [-0.2, -0.15) is 6.42 Å². The van der Waals surface area contributed by atoms with Gasteiger partial charge in [-0.3, -0.25) is 11.1 Å². The van der Waals surface area contributed by atoms with Crippen LogP contribution >= 0.6 is 0 Å². The third-order valence-corrected chi connectivity index (χ3v) is 2.77. The van der Waals surface area contributed by atoms with Crippen LogP contribution in [0.1, 0.15) is 78.1 Å². The quantitative estimate of drug-likeness (QED) is 0.329. The van der Waals surface area contributed by atoms with Gasteiger partial charge in [0.05, 0.1) is 0 Å². The summed E-state index contributed by atoms with van der Waals surface area (Å²) in [7, 11) is 0. The standard InChI is InChI=1S/C12H23O.C3H7NO2.Na/c1-2-3-4-5-6-7-8-9-10-11-12-13;1-2(4)3(5)6;/h2-11H2,1H3;2H,4H2,1H3,(H,5,6);/q-1;;+1. The second-order valence-electron chi connectivity index (χ2n) is 4.85. The Morgan fingerprint density at radius 3 is 1.70 bits per heavy atom. The van der Waals surface area contributed by atoms with E-state index in [1.165, 1.54) is 58.3 Å². The largest absolute Gasteiger partial charge is 1.00 e. The summed E-state index contributed by atoms with van der Waals surface area (Å²) >= 11 is 0. The Hall–Kier alpha value is 0.1000. The second kappa shape index (κ2) is 21.4. The minimum Gasteiger partial charge on any atom is -0.542 e. The summed E-state index contributed by atoms with van der Waals surface area (Å²) in [6.45, 7) is 3.66. The van der Waals surface area contributed by atoms with E-state index in [9.17, 15) is 9.59 Å². The monoisotopic (exact) mass is 295 g/mol. The number of carboxylic acid groups (broad SMARTS) is 1. The molecule has 5 heteroatoms. The van der Waals surface area contributed by atoms with Crippen molar-refractivity contribution in [2.24, 2.45) is 5.73 Å². The first kappa shape index (κ1) is 25.1. The van der Waals surface area contributed by atoms with Gasteiger partial charge in [-0.25, -0.2) is 0 Å². The number of aliphatic carboxylic acids is 1. The molecule has 0 aromatic heterocycles. The van der Waals surface area contributed by atoms with Gasteiger partial charge in [0.2, 0.25) is 0 Å². The van der Waals surface area contributed by atoms with E-state index in [0.717, 1.165) is 6.42 Å². The van der Waals surface area contributed by atoms with Crippen LogP contribution in [0.2, 0.25) is 0 Å². The van der Waals surface area contributed by atoms with Crippen LogP contribution in [0.4, 0.5) is 0 Å². The van der Waals surface area contributed by atoms with Crippen LogP contribution in [0.5, 0.6) is 0 Å². The normalized spacial score (nSPS) is 10.8. The topological polar surface area (TPSA) is 80.4 Å². The molecule has 0 saturated carbocycles. The van der Waals surface area contributed by atoms with E-state index < -0.39 is 12.0 Å². The van der Waals surface area contributed by atoms with Crippen molar-refractivity contribution >= 4 is 12.3 Å². The zero-order chi connectivity index (χ0) is 14.9. The van der Waals surface area contributed by atoms with Gasteiger partial charge in [-0.05, 0) is 6.92 Å². The summed E-state index contributed by atoms with van der Waals surface area (Å²) in [5.74, 6) is -0.963. The SMILES string of the molecule is CC(N)C(=O)O.CCCCCCCCCCC[C-]=O.[Na+]. The van der Waals surface area contributed by atoms with Gasteiger partial charge in [0.15, 0.2) is 0 Å². The molecule has 1 unspecified atom stereocenters. The van der Waals surface area contributed by atoms with Crippen molar-refractivity contribution in [3.63, 3.8) is 0 Å². The fourth-order valence-corrected chi connectivity index (χ4v) is 1.51. The van der Waals surface area contributed by atoms with Gasteiger partial charge in [0.25, 0.3) is 0 Å². The Balaban J connectivity index is -0.000000352. The van der Waals surface area contributed by atoms with Gasteiger partial charge in [-0.1, -0.05) is 64.7 Å². The summed E-state index contributed by atoms with van der Waals surface area (Å²) in [4.78, 5) is 19.5. The Bertz CT molecular complexity index is 211. The zero-order valence-corrected chi connectivity index (χ0v) is 15.5. The van der Waals surface area contributed by atoms with E-state index >= 15 is 0 Å². The van der Waals surface area contributed by atoms with E-state index in [2.05, 4.69) is 6.92 Å². The summed E-state index contributed by atoms with van der Waals surface area (Å²) in [5.41, 5.74) is 4.84. The average molecular weight is 295 g/mol. The molecule has 1 atom stereocenters. The van der Waals surface area contributed by atoms with Crippen molar-refractivity contribution in [3.8, 4) is 0 Å². The summed E-state index contributed by atoms with van der Waals surface area (Å²) in [5, 5.41) is 7.87. The van der Waals surface area contributed by atoms with Crippen molar-refractivity contribution in [1.29, 1.82) is 0 Å². The number of rotatable bonds is 11. The van der Waals surface area contributed by atoms with Gasteiger partial charge < -0.3 is 15.6 Å². The minimum atomic E-state index is -0.963. The maximum Gasteiger partial charge on any atom is 1.00 e. The molecule has 114 valence electrons. The predicted octanol–water partition coefficient (Wildman–Crippen LogP) is 0.439. The molecule has 0 radical (unpaired) electrons. The first-order valence-corrected chi connectivity index (χ1v) is 7.39. The molecule has 0 heterocycles. The van der Waals surface area contributed by atoms with Crippen LogP contribution in [0.15, 0.2) is 0 Å². The molecule has 0 rings (SSSR count). The molecule has 3 N–H and O–H groups in total. The maximum absolute atomic E-state index is 9.89. The number of carboxylic acids is 1. The van der Waals surface area contributed by atoms with Crippen LogP contribution in [-0.4, -0.2) is 23.4 Å². The van der Waals surface area contributed by atoms with Gasteiger partial charge in [0, 0.05) is 0 Å². The Labute approximate surface area is 146 Å². The van der Waals surface area contributed by atoms with Gasteiger partial charge in [-0.15, -0.1) is 0 Å². The van der Waals surface area contributed by atoms with Crippen molar-refractivity contribution in [3.05, 3.63) is 0 Å². The Kier molecular flexibility index (Phi) is 26.8. The van der Waals surface area contributed by atoms with E-state index in [1.807, 2.05) is 6.29 Å². The van der Waals surface area contributed by atoms with Gasteiger partial charge >= 0.3 is 35.5 Å². The minimum absolute atomic E-state index is 0. The van der Waals surface area contributed by atoms with Gasteiger partial charge in [0.1, 0.15) is 6.04 Å². The summed E-state index contributed by atoms with van der Waals surface area (Å²) in [6, 6.07) is -0.731. The molecule has 20 heavy (non-hydrogen) atoms. The molecule has 0 amide bonds. The molecule has 0 aromatic rings. The van der Waals surface area contributed by atoms with E-state index in [0.29, 0.717) is 6.42 Å². The molecule has 4 nitrogen and oxygen atoms in total. The van der Waals surface area contributed by atoms with Crippen molar-refractivity contribution in [2.45, 2.75) is 84.1 Å². The first-order chi connectivity index (χ1) is 9.06. The number of hydrogen-bond donors (Lipinski definition) is 2. The van der Waals surface area contributed by atoms with Crippen LogP contribution < -0.4 is 35.3 Å². The number of carbonyl (C=O) groups excluding carboxylic acids is 1. The fourth-order valence-electron chi connectivity index (χ4n) is 1.51. The third kappa shape index (κ3) is 26.6. The van der Waals surface area contributed by atoms with E-state index in [1.54, 1.807) is 0 Å². The molecular weight excluding hydrogens is 265 g/mol. The second-order valence-corrected chi connectivity index (χ2v) is 4.85. The molecule has 0 aromatic carbocycles. The van der Waals surface area contributed by atoms with Crippen molar-refractivity contribution in [1.82, 2.24) is 0 Å². The molecule has 0 aliphatic carbocycles. The zero-order valence-electron chi connectivity index (χ0n) is 13.5. The number of hydrogen-bond acceptors (Lipinski definition) is 3. The molecule has 0 aliphatic rings. The van der Waals surface area contributed by atoms with Crippen molar-refractivity contribution in [2.75, 3.05) is 0 Å². The smallest absolute Gasteiger partial charge is 0.542 e. The molecule has 0 saturated heterocycles. The number of nitrogens with two attached hydrogens (primary N) is 1. The summed E-state index contributed by atoms with van der Waals surface area (Å²) < 4.78 is 0. The Morgan fingerprint density at radius 2 is 1.40 bits per heavy atom.